The molecule has 0 radical (unpaired) electrons. The molecule has 1 aliphatic carbocycles. The van der Waals surface area contributed by atoms with Crippen LogP contribution in [0.2, 0.25) is 0 Å². The quantitative estimate of drug-likeness (QED) is 0.432. The Hall–Kier alpha value is 0.460. The predicted octanol–water partition coefficient (Wildman–Crippen LogP) is -5.80. The summed E-state index contributed by atoms with van der Waals surface area (Å²) < 4.78 is 0. The van der Waals surface area contributed by atoms with Gasteiger partial charge < -0.3 is 40.8 Å². The van der Waals surface area contributed by atoms with E-state index in [2.05, 4.69) is 29.9 Å². The Kier molecular flexibility index (Phi) is 12.5. The molecule has 0 amide bonds. The van der Waals surface area contributed by atoms with Gasteiger partial charge in [0, 0.05) is 25.0 Å². The second kappa shape index (κ2) is 10.6. The van der Waals surface area contributed by atoms with E-state index in [1.165, 1.54) is 32.2 Å². The van der Waals surface area contributed by atoms with Crippen LogP contribution in [0.4, 0.5) is 0 Å². The van der Waals surface area contributed by atoms with Crippen LogP contribution in [0.25, 0.3) is 0 Å². The number of halogens is 2. The Bertz CT molecular complexity index is 164. The maximum absolute atomic E-state index is 3.85. The SMILES string of the molecule is CCCCN(C)C1CC1NCCC[NH3+].[Cl-].[Cl-].[H+]. The molecule has 1 saturated carbocycles. The molecule has 0 spiro atoms. The highest BCUT2D eigenvalue weighted by molar-refractivity contribution is 5.00. The van der Waals surface area contributed by atoms with Crippen molar-refractivity contribution in [3.05, 3.63) is 0 Å². The van der Waals surface area contributed by atoms with Gasteiger partial charge in [0.15, 0.2) is 0 Å². The molecule has 5 heteroatoms. The molecular weight excluding hydrogens is 245 g/mol. The number of unbranched alkanes of at least 4 members (excludes halogenated alkanes) is 1. The molecule has 1 rings (SSSR count). The van der Waals surface area contributed by atoms with Gasteiger partial charge in [0.2, 0.25) is 0 Å². The number of likely N-dealkylation sites (N-methyl/N-ethyl adjacent to an activating group) is 1. The van der Waals surface area contributed by atoms with Gasteiger partial charge in [-0.05, 0) is 26.4 Å². The Morgan fingerprint density at radius 3 is 2.62 bits per heavy atom. The number of hydrogen-bond donors (Lipinski definition) is 2. The van der Waals surface area contributed by atoms with Crippen molar-refractivity contribution in [3.63, 3.8) is 0 Å². The zero-order valence-electron chi connectivity index (χ0n) is 11.5. The van der Waals surface area contributed by atoms with E-state index in [4.69, 9.17) is 0 Å². The standard InChI is InChI=1S/C11H25N3.2ClH/c1-3-4-8-14(2)11-9-10(11)13-7-5-6-12;;/h10-11,13H,3-9,12H2,1-2H3;2*1H. The van der Waals surface area contributed by atoms with Crippen LogP contribution in [0, 0.1) is 0 Å². The summed E-state index contributed by atoms with van der Waals surface area (Å²) >= 11 is 0. The Morgan fingerprint density at radius 2 is 2.06 bits per heavy atom. The molecule has 0 aromatic heterocycles. The molecule has 0 aromatic carbocycles. The van der Waals surface area contributed by atoms with Gasteiger partial charge in [-0.15, -0.1) is 0 Å². The minimum atomic E-state index is 0. The molecule has 2 atom stereocenters. The van der Waals surface area contributed by atoms with Crippen LogP contribution in [0.3, 0.4) is 0 Å². The van der Waals surface area contributed by atoms with Crippen LogP contribution in [0.5, 0.6) is 0 Å². The smallest absolute Gasteiger partial charge is 1.00 e. The van der Waals surface area contributed by atoms with Crippen molar-refractivity contribution in [3.8, 4) is 0 Å². The Balaban J connectivity index is -0.000000653. The fraction of sp³-hybridized carbons (Fsp3) is 1.00. The lowest BCUT2D eigenvalue weighted by Gasteiger charge is -2.16. The first-order valence-corrected chi connectivity index (χ1v) is 6.02. The van der Waals surface area contributed by atoms with E-state index in [1.54, 1.807) is 0 Å². The summed E-state index contributed by atoms with van der Waals surface area (Å²) in [6.07, 6.45) is 5.19. The van der Waals surface area contributed by atoms with Crippen molar-refractivity contribution >= 4 is 0 Å². The molecular formula is C11H27Cl2N3. The average molecular weight is 272 g/mol. The van der Waals surface area contributed by atoms with E-state index >= 15 is 0 Å². The molecule has 16 heavy (non-hydrogen) atoms. The minimum absolute atomic E-state index is 0. The van der Waals surface area contributed by atoms with Crippen LogP contribution in [-0.2, 0) is 0 Å². The monoisotopic (exact) mass is 271 g/mol. The zero-order valence-corrected chi connectivity index (χ0v) is 12.0. The number of nitrogens with zero attached hydrogens (tertiary/aromatic N) is 1. The third-order valence-corrected chi connectivity index (χ3v) is 3.02. The molecule has 4 N–H and O–H groups in total. The summed E-state index contributed by atoms with van der Waals surface area (Å²) in [5.41, 5.74) is 3.85. The molecule has 1 fully saturated rings. The van der Waals surface area contributed by atoms with Crippen molar-refractivity contribution in [1.82, 2.24) is 10.2 Å². The van der Waals surface area contributed by atoms with Gasteiger partial charge in [0.25, 0.3) is 0 Å². The second-order valence-corrected chi connectivity index (χ2v) is 4.40. The second-order valence-electron chi connectivity index (χ2n) is 4.40. The highest BCUT2D eigenvalue weighted by Crippen LogP contribution is 2.26. The fourth-order valence-corrected chi connectivity index (χ4v) is 1.87. The molecule has 0 heterocycles. The largest absolute Gasteiger partial charge is 1.00 e. The first-order valence-electron chi connectivity index (χ1n) is 6.02. The molecule has 0 aliphatic heterocycles. The maximum atomic E-state index is 3.85. The molecule has 1 aliphatic rings. The van der Waals surface area contributed by atoms with Gasteiger partial charge in [-0.25, -0.2) is 0 Å². The summed E-state index contributed by atoms with van der Waals surface area (Å²) in [5.74, 6) is 0. The van der Waals surface area contributed by atoms with Crippen LogP contribution in [-0.4, -0.2) is 43.7 Å². The van der Waals surface area contributed by atoms with Gasteiger partial charge >= 0.3 is 1.43 Å². The van der Waals surface area contributed by atoms with Gasteiger partial charge in [-0.3, -0.25) is 0 Å². The van der Waals surface area contributed by atoms with Crippen molar-refractivity contribution in [2.75, 3.05) is 26.7 Å². The topological polar surface area (TPSA) is 42.9 Å². The van der Waals surface area contributed by atoms with Gasteiger partial charge in [0.05, 0.1) is 6.54 Å². The van der Waals surface area contributed by atoms with Crippen molar-refractivity contribution in [2.45, 2.75) is 44.7 Å². The molecule has 3 nitrogen and oxygen atoms in total. The van der Waals surface area contributed by atoms with E-state index in [0.29, 0.717) is 0 Å². The number of hydrogen-bond acceptors (Lipinski definition) is 2. The molecule has 0 aromatic rings. The summed E-state index contributed by atoms with van der Waals surface area (Å²) in [6, 6.07) is 1.58. The number of rotatable bonds is 8. The summed E-state index contributed by atoms with van der Waals surface area (Å²) in [4.78, 5) is 2.51. The molecule has 0 saturated heterocycles. The highest BCUT2D eigenvalue weighted by atomic mass is 35.5. The summed E-state index contributed by atoms with van der Waals surface area (Å²) in [5, 5.41) is 3.58. The third-order valence-electron chi connectivity index (χ3n) is 3.02. The number of nitrogens with one attached hydrogen (secondary N) is 1. The van der Waals surface area contributed by atoms with Crippen LogP contribution in [0.1, 0.15) is 34.0 Å². The first-order chi connectivity index (χ1) is 6.79. The van der Waals surface area contributed by atoms with Crippen molar-refractivity contribution in [1.29, 1.82) is 0 Å². The lowest BCUT2D eigenvalue weighted by atomic mass is 10.3. The normalized spacial score (nSPS) is 22.5. The summed E-state index contributed by atoms with van der Waals surface area (Å²) in [7, 11) is 2.25. The predicted molar refractivity (Wildman–Crippen MR) is 61.2 cm³/mol. The Labute approximate surface area is 114 Å². The third kappa shape index (κ3) is 6.92. The zero-order chi connectivity index (χ0) is 10.4. The van der Waals surface area contributed by atoms with Crippen LogP contribution in [0.15, 0.2) is 0 Å². The van der Waals surface area contributed by atoms with Gasteiger partial charge in [-0.2, -0.15) is 0 Å². The summed E-state index contributed by atoms with van der Waals surface area (Å²) in [6.45, 7) is 5.71. The van der Waals surface area contributed by atoms with E-state index < -0.39 is 0 Å². The maximum Gasteiger partial charge on any atom is 1.00 e. The first kappa shape index (κ1) is 18.8. The molecule has 100 valence electrons. The van der Waals surface area contributed by atoms with E-state index in [9.17, 15) is 0 Å². The molecule has 2 unspecified atom stereocenters. The van der Waals surface area contributed by atoms with E-state index in [0.717, 1.165) is 25.2 Å². The lowest BCUT2D eigenvalue weighted by molar-refractivity contribution is -0.367. The Morgan fingerprint density at radius 1 is 1.38 bits per heavy atom. The van der Waals surface area contributed by atoms with Crippen molar-refractivity contribution in [2.24, 2.45) is 0 Å². The highest BCUT2D eigenvalue weighted by Gasteiger charge is 2.39. The van der Waals surface area contributed by atoms with E-state index in [-0.39, 0.29) is 26.2 Å². The minimum Gasteiger partial charge on any atom is -1.00 e. The van der Waals surface area contributed by atoms with Gasteiger partial charge in [-0.1, -0.05) is 13.3 Å². The van der Waals surface area contributed by atoms with Crippen molar-refractivity contribution < 1.29 is 32.0 Å². The van der Waals surface area contributed by atoms with E-state index in [1.807, 2.05) is 0 Å². The van der Waals surface area contributed by atoms with Gasteiger partial charge in [0.1, 0.15) is 0 Å². The van der Waals surface area contributed by atoms with Crippen LogP contribution >= 0.6 is 0 Å². The fourth-order valence-electron chi connectivity index (χ4n) is 1.87. The lowest BCUT2D eigenvalue weighted by Crippen LogP contribution is -3.00. The van der Waals surface area contributed by atoms with Crippen LogP contribution < -0.4 is 35.9 Å². The number of quaternary nitrogens is 1. The molecule has 0 bridgehead atoms. The average Bonchev–Trinajstić information content (AvgIpc) is 2.94.